The lowest BCUT2D eigenvalue weighted by Crippen LogP contribution is -2.32. The minimum Gasteiger partial charge on any atom is -0.454 e. The van der Waals surface area contributed by atoms with E-state index in [1.165, 1.54) is 18.2 Å². The lowest BCUT2D eigenvalue weighted by Gasteiger charge is -2.16. The van der Waals surface area contributed by atoms with Crippen LogP contribution in [0.3, 0.4) is 0 Å². The number of hydrogen-bond donors (Lipinski definition) is 1. The Kier molecular flexibility index (Phi) is 4.91. The van der Waals surface area contributed by atoms with E-state index in [1.54, 1.807) is 31.3 Å². The Labute approximate surface area is 164 Å². The van der Waals surface area contributed by atoms with Gasteiger partial charge in [-0.3, -0.25) is 14.6 Å². The molecular formula is C19H16FN3O4S. The molecule has 0 saturated carbocycles. The predicted molar refractivity (Wildman–Crippen MR) is 104 cm³/mol. The van der Waals surface area contributed by atoms with Crippen LogP contribution in [0.1, 0.15) is 6.42 Å². The summed E-state index contributed by atoms with van der Waals surface area (Å²) in [5.41, 5.74) is 0.680. The van der Waals surface area contributed by atoms with Gasteiger partial charge in [0.1, 0.15) is 11.1 Å². The van der Waals surface area contributed by atoms with E-state index in [4.69, 9.17) is 9.47 Å². The summed E-state index contributed by atoms with van der Waals surface area (Å²) in [5, 5.41) is 2.88. The number of thioether (sulfide) groups is 1. The van der Waals surface area contributed by atoms with Crippen molar-refractivity contribution < 1.29 is 23.5 Å². The van der Waals surface area contributed by atoms with Gasteiger partial charge in [-0.05, 0) is 24.3 Å². The maximum absolute atomic E-state index is 14.0. The van der Waals surface area contributed by atoms with E-state index in [0.717, 1.165) is 16.7 Å². The molecule has 2 amide bonds. The number of aliphatic imine (C=N–C) groups is 1. The van der Waals surface area contributed by atoms with Crippen LogP contribution in [-0.4, -0.2) is 36.1 Å². The topological polar surface area (TPSA) is 80.2 Å². The summed E-state index contributed by atoms with van der Waals surface area (Å²) in [7, 11) is 1.58. The van der Waals surface area contributed by atoms with Gasteiger partial charge >= 0.3 is 0 Å². The first-order valence-corrected chi connectivity index (χ1v) is 9.36. The number of benzene rings is 2. The fourth-order valence-corrected chi connectivity index (χ4v) is 3.94. The molecule has 0 bridgehead atoms. The lowest BCUT2D eigenvalue weighted by molar-refractivity contribution is -0.121. The van der Waals surface area contributed by atoms with Gasteiger partial charge in [0.05, 0.1) is 5.69 Å². The van der Waals surface area contributed by atoms with Gasteiger partial charge in [0.15, 0.2) is 16.7 Å². The molecule has 4 rings (SSSR count). The number of imide groups is 1. The number of nitrogens with zero attached hydrogens (tertiary/aromatic N) is 2. The zero-order valence-electron chi connectivity index (χ0n) is 14.8. The highest BCUT2D eigenvalue weighted by molar-refractivity contribution is 8.15. The third kappa shape index (κ3) is 3.40. The number of carbonyl (C=O) groups excluding carboxylic acids is 2. The van der Waals surface area contributed by atoms with Crippen molar-refractivity contribution in [3.05, 3.63) is 48.3 Å². The van der Waals surface area contributed by atoms with Crippen LogP contribution in [-0.2, 0) is 9.59 Å². The van der Waals surface area contributed by atoms with Gasteiger partial charge in [0.25, 0.3) is 0 Å². The standard InChI is InChI=1S/C19H16FN3O4S/c1-21-19(22-11-6-7-14-15(8-11)27-10-26-14)28-16-9-17(24)23(18(16)25)13-5-3-2-4-12(13)20/h2-8,16H,9-10H2,1H3,(H,21,22)/t16-/m0/s1. The highest BCUT2D eigenvalue weighted by atomic mass is 32.2. The molecule has 0 aromatic heterocycles. The summed E-state index contributed by atoms with van der Waals surface area (Å²) in [4.78, 5) is 30.1. The fourth-order valence-electron chi connectivity index (χ4n) is 2.95. The van der Waals surface area contributed by atoms with E-state index in [1.807, 2.05) is 0 Å². The zero-order chi connectivity index (χ0) is 19.7. The molecule has 1 saturated heterocycles. The molecular weight excluding hydrogens is 385 g/mol. The number of nitrogens with one attached hydrogen (secondary N) is 1. The Hall–Kier alpha value is -3.07. The van der Waals surface area contributed by atoms with Crippen molar-refractivity contribution >= 4 is 40.1 Å². The molecule has 0 aliphatic carbocycles. The molecule has 7 nitrogen and oxygen atoms in total. The number of hydrogen-bond acceptors (Lipinski definition) is 6. The Balaban J connectivity index is 1.48. The van der Waals surface area contributed by atoms with E-state index in [-0.39, 0.29) is 18.9 Å². The second-order valence-electron chi connectivity index (χ2n) is 6.05. The summed E-state index contributed by atoms with van der Waals surface area (Å²) in [6.07, 6.45) is -0.0281. The van der Waals surface area contributed by atoms with Gasteiger partial charge in [0.2, 0.25) is 18.6 Å². The number of carbonyl (C=O) groups is 2. The summed E-state index contributed by atoms with van der Waals surface area (Å²) in [6, 6.07) is 11.1. The molecule has 0 unspecified atom stereocenters. The van der Waals surface area contributed by atoms with Crippen LogP contribution in [0.15, 0.2) is 47.5 Å². The minimum absolute atomic E-state index is 0.0281. The average molecular weight is 401 g/mol. The molecule has 2 heterocycles. The Bertz CT molecular complexity index is 981. The Morgan fingerprint density at radius 2 is 2.00 bits per heavy atom. The second kappa shape index (κ2) is 7.51. The lowest BCUT2D eigenvalue weighted by atomic mass is 10.3. The number of amidine groups is 1. The maximum atomic E-state index is 14.0. The number of amides is 2. The van der Waals surface area contributed by atoms with E-state index in [0.29, 0.717) is 22.4 Å². The molecule has 28 heavy (non-hydrogen) atoms. The number of halogens is 1. The SMILES string of the molecule is CN=C(Nc1ccc2c(c1)OCO2)S[C@H]1CC(=O)N(c2ccccc2F)C1=O. The van der Waals surface area contributed by atoms with Gasteiger partial charge in [-0.2, -0.15) is 0 Å². The van der Waals surface area contributed by atoms with Gasteiger partial charge < -0.3 is 14.8 Å². The average Bonchev–Trinajstić information content (AvgIpc) is 3.26. The van der Waals surface area contributed by atoms with Gasteiger partial charge in [-0.25, -0.2) is 9.29 Å². The predicted octanol–water partition coefficient (Wildman–Crippen LogP) is 3.02. The molecule has 1 fully saturated rings. The van der Waals surface area contributed by atoms with Crippen molar-refractivity contribution in [2.75, 3.05) is 24.1 Å². The van der Waals surface area contributed by atoms with Crippen molar-refractivity contribution in [2.24, 2.45) is 4.99 Å². The first-order valence-electron chi connectivity index (χ1n) is 8.48. The number of ether oxygens (including phenoxy) is 2. The van der Waals surface area contributed by atoms with Crippen LogP contribution in [0.25, 0.3) is 0 Å². The molecule has 0 radical (unpaired) electrons. The molecule has 1 atom stereocenters. The maximum Gasteiger partial charge on any atom is 0.247 e. The molecule has 0 spiro atoms. The van der Waals surface area contributed by atoms with Crippen LogP contribution in [0.4, 0.5) is 15.8 Å². The van der Waals surface area contributed by atoms with E-state index < -0.39 is 22.9 Å². The van der Waals surface area contributed by atoms with Crippen molar-refractivity contribution in [3.63, 3.8) is 0 Å². The second-order valence-corrected chi connectivity index (χ2v) is 7.24. The smallest absolute Gasteiger partial charge is 0.247 e. The van der Waals surface area contributed by atoms with Crippen LogP contribution < -0.4 is 19.7 Å². The highest BCUT2D eigenvalue weighted by Gasteiger charge is 2.41. The summed E-state index contributed by atoms with van der Waals surface area (Å²) < 4.78 is 24.7. The van der Waals surface area contributed by atoms with Crippen LogP contribution in [0.2, 0.25) is 0 Å². The van der Waals surface area contributed by atoms with Crippen molar-refractivity contribution in [1.29, 1.82) is 0 Å². The van der Waals surface area contributed by atoms with E-state index >= 15 is 0 Å². The monoisotopic (exact) mass is 401 g/mol. The summed E-state index contributed by atoms with van der Waals surface area (Å²) in [6.45, 7) is 0.173. The van der Waals surface area contributed by atoms with Gasteiger partial charge in [-0.1, -0.05) is 23.9 Å². The van der Waals surface area contributed by atoms with Crippen LogP contribution >= 0.6 is 11.8 Å². The largest absolute Gasteiger partial charge is 0.454 e. The van der Waals surface area contributed by atoms with Crippen LogP contribution in [0.5, 0.6) is 11.5 Å². The number of rotatable bonds is 3. The Morgan fingerprint density at radius 3 is 2.79 bits per heavy atom. The molecule has 1 N–H and O–H groups in total. The Morgan fingerprint density at radius 1 is 1.21 bits per heavy atom. The molecule has 144 valence electrons. The van der Waals surface area contributed by atoms with Crippen LogP contribution in [0, 0.1) is 5.82 Å². The van der Waals surface area contributed by atoms with Crippen molar-refractivity contribution in [2.45, 2.75) is 11.7 Å². The summed E-state index contributed by atoms with van der Waals surface area (Å²) in [5.74, 6) is -0.244. The minimum atomic E-state index is -0.688. The fraction of sp³-hybridized carbons (Fsp3) is 0.211. The molecule has 9 heteroatoms. The van der Waals surface area contributed by atoms with Gasteiger partial charge in [-0.15, -0.1) is 0 Å². The molecule has 2 aliphatic heterocycles. The quantitative estimate of drug-likeness (QED) is 0.484. The number of fused-ring (bicyclic) bond motifs is 1. The van der Waals surface area contributed by atoms with Crippen molar-refractivity contribution in [3.8, 4) is 11.5 Å². The number of para-hydroxylation sites is 1. The molecule has 2 aliphatic rings. The molecule has 2 aromatic rings. The van der Waals surface area contributed by atoms with Crippen molar-refractivity contribution in [1.82, 2.24) is 0 Å². The normalized spacial score (nSPS) is 18.7. The highest BCUT2D eigenvalue weighted by Crippen LogP contribution is 2.35. The van der Waals surface area contributed by atoms with E-state index in [2.05, 4.69) is 10.3 Å². The first kappa shape index (κ1) is 18.3. The number of anilines is 2. The zero-order valence-corrected chi connectivity index (χ0v) is 15.7. The third-order valence-electron chi connectivity index (χ3n) is 4.28. The van der Waals surface area contributed by atoms with E-state index in [9.17, 15) is 14.0 Å². The molecule has 2 aromatic carbocycles. The third-order valence-corrected chi connectivity index (χ3v) is 5.44. The summed E-state index contributed by atoms with van der Waals surface area (Å²) >= 11 is 1.13. The van der Waals surface area contributed by atoms with Gasteiger partial charge in [0, 0.05) is 25.2 Å². The first-order chi connectivity index (χ1) is 13.6.